The van der Waals surface area contributed by atoms with Crippen molar-refractivity contribution < 1.29 is 9.59 Å². The van der Waals surface area contributed by atoms with E-state index in [1.807, 2.05) is 42.5 Å². The first-order valence-electron chi connectivity index (χ1n) is 10.3. The number of likely N-dealkylation sites (tertiary alicyclic amines) is 1. The van der Waals surface area contributed by atoms with E-state index >= 15 is 0 Å². The minimum Gasteiger partial charge on any atom is -0.337 e. The summed E-state index contributed by atoms with van der Waals surface area (Å²) in [5.74, 6) is -0.416. The van der Waals surface area contributed by atoms with Crippen molar-refractivity contribution in [3.63, 3.8) is 0 Å². The number of aromatic amines is 1. The average Bonchev–Trinajstić information content (AvgIpc) is 3.30. The first-order valence-corrected chi connectivity index (χ1v) is 10.3. The number of rotatable bonds is 5. The Labute approximate surface area is 175 Å². The second kappa shape index (κ2) is 8.90. The van der Waals surface area contributed by atoms with Crippen LogP contribution in [-0.2, 0) is 11.2 Å². The number of piperidine rings is 1. The van der Waals surface area contributed by atoms with Crippen LogP contribution in [0.2, 0.25) is 0 Å². The van der Waals surface area contributed by atoms with Gasteiger partial charge in [-0.05, 0) is 55.2 Å². The van der Waals surface area contributed by atoms with E-state index in [0.717, 1.165) is 24.9 Å². The van der Waals surface area contributed by atoms with Crippen molar-refractivity contribution in [3.05, 3.63) is 66.0 Å². The maximum absolute atomic E-state index is 13.0. The molecule has 7 heteroatoms. The molecule has 1 fully saturated rings. The summed E-state index contributed by atoms with van der Waals surface area (Å²) in [6.45, 7) is 3.11. The number of hydrogen-bond donors (Lipinski definition) is 2. The van der Waals surface area contributed by atoms with Crippen LogP contribution < -0.4 is 5.32 Å². The van der Waals surface area contributed by atoms with Crippen LogP contribution in [0.3, 0.4) is 0 Å². The molecule has 3 heterocycles. The summed E-state index contributed by atoms with van der Waals surface area (Å²) in [5, 5.41) is 10.0. The third-order valence-electron chi connectivity index (χ3n) is 5.42. The van der Waals surface area contributed by atoms with E-state index in [4.69, 9.17) is 0 Å². The number of aromatic nitrogens is 3. The van der Waals surface area contributed by atoms with Crippen LogP contribution in [0.25, 0.3) is 11.4 Å². The van der Waals surface area contributed by atoms with E-state index in [1.54, 1.807) is 17.2 Å². The van der Waals surface area contributed by atoms with E-state index in [0.29, 0.717) is 30.2 Å². The van der Waals surface area contributed by atoms with Crippen molar-refractivity contribution in [2.45, 2.75) is 26.2 Å². The fourth-order valence-electron chi connectivity index (χ4n) is 3.74. The van der Waals surface area contributed by atoms with Gasteiger partial charge in [-0.15, -0.1) is 0 Å². The maximum atomic E-state index is 13.0. The second-order valence-electron chi connectivity index (χ2n) is 7.52. The molecule has 0 aliphatic carbocycles. The van der Waals surface area contributed by atoms with Crippen molar-refractivity contribution in [1.29, 1.82) is 0 Å². The van der Waals surface area contributed by atoms with Crippen molar-refractivity contribution in [2.24, 2.45) is 5.92 Å². The minimum atomic E-state index is -0.230. The molecule has 0 radical (unpaired) electrons. The summed E-state index contributed by atoms with van der Waals surface area (Å²) in [4.78, 5) is 31.7. The zero-order chi connectivity index (χ0) is 20.9. The van der Waals surface area contributed by atoms with Crippen LogP contribution >= 0.6 is 0 Å². The quantitative estimate of drug-likeness (QED) is 0.682. The standard InChI is InChI=1S/C23H25N5O2/c1-2-16-7-5-9-18(13-16)25-22(29)17-8-6-12-28(15-17)23(30)21-14-20(26-27-21)19-10-3-4-11-24-19/h3-5,7,9-11,13-14,17H,2,6,8,12,15H2,1H3,(H,25,29)(H,26,27)/t17-/m1/s1. The average molecular weight is 403 g/mol. The van der Waals surface area contributed by atoms with Crippen LogP contribution in [0.4, 0.5) is 5.69 Å². The highest BCUT2D eigenvalue weighted by Gasteiger charge is 2.30. The van der Waals surface area contributed by atoms with Gasteiger partial charge in [0.15, 0.2) is 0 Å². The molecule has 1 aliphatic heterocycles. The van der Waals surface area contributed by atoms with E-state index < -0.39 is 0 Å². The highest BCUT2D eigenvalue weighted by atomic mass is 16.2. The molecule has 7 nitrogen and oxygen atoms in total. The van der Waals surface area contributed by atoms with Gasteiger partial charge in [0.05, 0.1) is 11.6 Å². The molecule has 1 aromatic carbocycles. The summed E-state index contributed by atoms with van der Waals surface area (Å²) in [5.41, 5.74) is 3.72. The number of hydrogen-bond acceptors (Lipinski definition) is 4. The van der Waals surface area contributed by atoms with E-state index in [2.05, 4.69) is 27.4 Å². The lowest BCUT2D eigenvalue weighted by molar-refractivity contribution is -0.121. The van der Waals surface area contributed by atoms with Gasteiger partial charge >= 0.3 is 0 Å². The normalized spacial score (nSPS) is 16.3. The molecule has 2 N–H and O–H groups in total. The molecular weight excluding hydrogens is 378 g/mol. The van der Waals surface area contributed by atoms with Gasteiger partial charge in [-0.3, -0.25) is 19.7 Å². The number of H-pyrrole nitrogens is 1. The Morgan fingerprint density at radius 2 is 2.07 bits per heavy atom. The van der Waals surface area contributed by atoms with E-state index in [1.165, 1.54) is 5.56 Å². The molecule has 0 unspecified atom stereocenters. The molecular formula is C23H25N5O2. The molecule has 154 valence electrons. The summed E-state index contributed by atoms with van der Waals surface area (Å²) in [6.07, 6.45) is 4.17. The molecule has 2 aromatic heterocycles. The van der Waals surface area contributed by atoms with Gasteiger partial charge in [0.25, 0.3) is 5.91 Å². The maximum Gasteiger partial charge on any atom is 0.271 e. The van der Waals surface area contributed by atoms with Crippen LogP contribution in [0.1, 0.15) is 35.8 Å². The summed E-state index contributed by atoms with van der Waals surface area (Å²) < 4.78 is 0. The Hall–Kier alpha value is -3.48. The predicted octanol–water partition coefficient (Wildman–Crippen LogP) is 3.53. The fraction of sp³-hybridized carbons (Fsp3) is 0.304. The lowest BCUT2D eigenvalue weighted by atomic mass is 9.96. The monoisotopic (exact) mass is 403 g/mol. The summed E-state index contributed by atoms with van der Waals surface area (Å²) in [7, 11) is 0. The molecule has 1 atom stereocenters. The van der Waals surface area contributed by atoms with Gasteiger partial charge < -0.3 is 10.2 Å². The first-order chi connectivity index (χ1) is 14.6. The number of amides is 2. The number of nitrogens with one attached hydrogen (secondary N) is 2. The van der Waals surface area contributed by atoms with Gasteiger partial charge in [0.2, 0.25) is 5.91 Å². The Kier molecular flexibility index (Phi) is 5.88. The summed E-state index contributed by atoms with van der Waals surface area (Å²) >= 11 is 0. The van der Waals surface area contributed by atoms with Crippen LogP contribution in [0, 0.1) is 5.92 Å². The lowest BCUT2D eigenvalue weighted by Crippen LogP contribution is -2.43. The van der Waals surface area contributed by atoms with Gasteiger partial charge in [-0.25, -0.2) is 0 Å². The van der Waals surface area contributed by atoms with E-state index in [-0.39, 0.29) is 17.7 Å². The number of anilines is 1. The van der Waals surface area contributed by atoms with Crippen LogP contribution in [-0.4, -0.2) is 45.0 Å². The first kappa shape index (κ1) is 19.8. The molecule has 0 bridgehead atoms. The predicted molar refractivity (Wildman–Crippen MR) is 115 cm³/mol. The third-order valence-corrected chi connectivity index (χ3v) is 5.42. The highest BCUT2D eigenvalue weighted by Crippen LogP contribution is 2.22. The molecule has 3 aromatic rings. The Morgan fingerprint density at radius 1 is 1.17 bits per heavy atom. The third kappa shape index (κ3) is 4.40. The van der Waals surface area contributed by atoms with Crippen LogP contribution in [0.5, 0.6) is 0 Å². The molecule has 1 aliphatic rings. The SMILES string of the molecule is CCc1cccc(NC(=O)[C@@H]2CCCN(C(=O)c3cc(-c4ccccn4)n[nH]3)C2)c1. The van der Waals surface area contributed by atoms with Crippen molar-refractivity contribution in [3.8, 4) is 11.4 Å². The molecule has 30 heavy (non-hydrogen) atoms. The largest absolute Gasteiger partial charge is 0.337 e. The lowest BCUT2D eigenvalue weighted by Gasteiger charge is -2.31. The highest BCUT2D eigenvalue weighted by molar-refractivity contribution is 5.95. The summed E-state index contributed by atoms with van der Waals surface area (Å²) in [6, 6.07) is 15.1. The molecule has 4 rings (SSSR count). The Morgan fingerprint density at radius 3 is 2.87 bits per heavy atom. The van der Waals surface area contributed by atoms with Gasteiger partial charge in [0.1, 0.15) is 11.4 Å². The zero-order valence-corrected chi connectivity index (χ0v) is 17.0. The number of aryl methyl sites for hydroxylation is 1. The smallest absolute Gasteiger partial charge is 0.271 e. The van der Waals surface area contributed by atoms with Gasteiger partial charge in [0, 0.05) is 25.0 Å². The zero-order valence-electron chi connectivity index (χ0n) is 17.0. The number of carbonyl (C=O) groups excluding carboxylic acids is 2. The van der Waals surface area contributed by atoms with Crippen molar-refractivity contribution in [2.75, 3.05) is 18.4 Å². The van der Waals surface area contributed by atoms with Crippen molar-refractivity contribution in [1.82, 2.24) is 20.1 Å². The van der Waals surface area contributed by atoms with Gasteiger partial charge in [-0.1, -0.05) is 25.1 Å². The number of benzene rings is 1. The topological polar surface area (TPSA) is 91.0 Å². The Balaban J connectivity index is 1.41. The Bertz CT molecular complexity index is 1030. The van der Waals surface area contributed by atoms with E-state index in [9.17, 15) is 9.59 Å². The molecule has 0 spiro atoms. The molecule has 2 amide bonds. The fourth-order valence-corrected chi connectivity index (χ4v) is 3.74. The number of carbonyl (C=O) groups is 2. The van der Waals surface area contributed by atoms with Gasteiger partial charge in [-0.2, -0.15) is 5.10 Å². The van der Waals surface area contributed by atoms with Crippen LogP contribution in [0.15, 0.2) is 54.7 Å². The molecule has 0 saturated carbocycles. The molecule has 1 saturated heterocycles. The minimum absolute atomic E-state index is 0.0421. The number of nitrogens with zero attached hydrogens (tertiary/aromatic N) is 3. The second-order valence-corrected chi connectivity index (χ2v) is 7.52. The van der Waals surface area contributed by atoms with Crippen molar-refractivity contribution >= 4 is 17.5 Å². The number of pyridine rings is 1.